The van der Waals surface area contributed by atoms with Crippen molar-refractivity contribution in [1.29, 1.82) is 0 Å². The number of rotatable bonds is 3. The van der Waals surface area contributed by atoms with Crippen molar-refractivity contribution in [2.24, 2.45) is 0 Å². The summed E-state index contributed by atoms with van der Waals surface area (Å²) in [6.07, 6.45) is 0.672. The smallest absolute Gasteiger partial charge is 0.316 e. The van der Waals surface area contributed by atoms with Crippen molar-refractivity contribution in [2.75, 3.05) is 0 Å². The first-order valence-electron chi connectivity index (χ1n) is 3.14. The lowest BCUT2D eigenvalue weighted by Crippen LogP contribution is -2.29. The molecule has 3 nitrogen and oxygen atoms in total. The van der Waals surface area contributed by atoms with E-state index in [1.807, 2.05) is 13.8 Å². The Kier molecular flexibility index (Phi) is 3.84. The summed E-state index contributed by atoms with van der Waals surface area (Å²) in [6, 6.07) is 0.0278. The summed E-state index contributed by atoms with van der Waals surface area (Å²) in [5.74, 6) is 0. The van der Waals surface area contributed by atoms with Crippen LogP contribution in [-0.2, 0) is 5.11 Å². The average Bonchev–Trinajstić information content (AvgIpc) is 1.63. The van der Waals surface area contributed by atoms with Crippen molar-refractivity contribution in [2.45, 2.75) is 32.7 Å². The molecule has 0 aliphatic heterocycles. The molecule has 1 amide bonds. The van der Waals surface area contributed by atoms with Crippen LogP contribution in [0.25, 0.3) is 0 Å². The molecule has 0 aliphatic rings. The first kappa shape index (κ1) is 8.27. The maximum absolute atomic E-state index is 9.86. The lowest BCUT2D eigenvalue weighted by molar-refractivity contribution is 0.164. The summed E-state index contributed by atoms with van der Waals surface area (Å²) in [4.78, 5) is 9.86. The van der Waals surface area contributed by atoms with E-state index < -0.39 is 6.09 Å². The van der Waals surface area contributed by atoms with Gasteiger partial charge in [0.1, 0.15) is 0 Å². The molecule has 53 valence electrons. The highest BCUT2D eigenvalue weighted by Crippen LogP contribution is 1.93. The molecule has 0 fully saturated rings. The van der Waals surface area contributed by atoms with Crippen molar-refractivity contribution in [1.82, 2.24) is 5.32 Å². The van der Waals surface area contributed by atoms with Gasteiger partial charge in [0.15, 0.2) is 0 Å². The summed E-state index contributed by atoms with van der Waals surface area (Å²) in [5.41, 5.74) is 0. The molecule has 0 aromatic heterocycles. The topological polar surface area (TPSA) is 49.0 Å². The zero-order valence-electron chi connectivity index (χ0n) is 5.81. The van der Waals surface area contributed by atoms with Crippen LogP contribution < -0.4 is 5.32 Å². The van der Waals surface area contributed by atoms with Crippen LogP contribution in [0.2, 0.25) is 0 Å². The number of hydrogen-bond donors (Lipinski definition) is 1. The second-order valence-electron chi connectivity index (χ2n) is 2.12. The Morgan fingerprint density at radius 3 is 2.56 bits per heavy atom. The molecule has 0 aromatic carbocycles. The molecule has 0 bridgehead atoms. The Bertz CT molecular complexity index is 93.1. The Morgan fingerprint density at radius 1 is 1.67 bits per heavy atom. The number of hydrogen-bond acceptors (Lipinski definition) is 1. The van der Waals surface area contributed by atoms with Gasteiger partial charge in [0, 0.05) is 6.04 Å². The predicted molar refractivity (Wildman–Crippen MR) is 33.6 cm³/mol. The quantitative estimate of drug-likeness (QED) is 0.615. The third kappa shape index (κ3) is 5.14. The van der Waals surface area contributed by atoms with Gasteiger partial charge in [-0.15, -0.1) is 0 Å². The van der Waals surface area contributed by atoms with E-state index in [1.165, 1.54) is 0 Å². The van der Waals surface area contributed by atoms with E-state index >= 15 is 0 Å². The van der Waals surface area contributed by atoms with E-state index in [0.29, 0.717) is 0 Å². The zero-order chi connectivity index (χ0) is 7.28. The van der Waals surface area contributed by atoms with E-state index in [1.54, 1.807) is 0 Å². The molecule has 0 aromatic rings. The van der Waals surface area contributed by atoms with Gasteiger partial charge in [-0.1, -0.05) is 13.3 Å². The van der Waals surface area contributed by atoms with Crippen LogP contribution in [-0.4, -0.2) is 12.1 Å². The number of carbonyl (C=O) groups excluding carboxylic acids is 1. The van der Waals surface area contributed by atoms with Crippen molar-refractivity contribution < 1.29 is 9.90 Å². The van der Waals surface area contributed by atoms with Gasteiger partial charge < -0.3 is 5.32 Å². The molecule has 0 rings (SSSR count). The van der Waals surface area contributed by atoms with Gasteiger partial charge in [-0.3, -0.25) is 0 Å². The van der Waals surface area contributed by atoms with Gasteiger partial charge >= 0.3 is 6.09 Å². The van der Waals surface area contributed by atoms with Gasteiger partial charge in [-0.25, -0.2) is 9.90 Å². The van der Waals surface area contributed by atoms with E-state index in [2.05, 4.69) is 5.32 Å². The minimum absolute atomic E-state index is 0.0278. The van der Waals surface area contributed by atoms with Crippen LogP contribution in [0.1, 0.15) is 26.7 Å². The first-order chi connectivity index (χ1) is 4.16. The fourth-order valence-corrected chi connectivity index (χ4v) is 0.706. The van der Waals surface area contributed by atoms with Gasteiger partial charge in [0.25, 0.3) is 0 Å². The van der Waals surface area contributed by atoms with Crippen molar-refractivity contribution >= 4 is 6.09 Å². The highest BCUT2D eigenvalue weighted by atomic mass is 16.4. The molecule has 1 N–H and O–H groups in total. The molecule has 9 heavy (non-hydrogen) atoms. The number of nitrogens with one attached hydrogen (secondary N) is 1. The van der Waals surface area contributed by atoms with E-state index in [0.717, 1.165) is 12.8 Å². The minimum Gasteiger partial charge on any atom is -0.316 e. The average molecular weight is 130 g/mol. The first-order valence-corrected chi connectivity index (χ1v) is 3.14. The summed E-state index contributed by atoms with van der Waals surface area (Å²) in [5, 5.41) is 12.1. The van der Waals surface area contributed by atoms with Crippen LogP contribution in [0.3, 0.4) is 0 Å². The van der Waals surface area contributed by atoms with Gasteiger partial charge in [0.2, 0.25) is 0 Å². The second kappa shape index (κ2) is 4.18. The lowest BCUT2D eigenvalue weighted by Gasteiger charge is -2.06. The molecular formula is C6H12NO2. The van der Waals surface area contributed by atoms with E-state index in [9.17, 15) is 9.90 Å². The molecule has 0 aliphatic carbocycles. The van der Waals surface area contributed by atoms with Crippen LogP contribution in [0.5, 0.6) is 0 Å². The number of amides is 1. The Morgan fingerprint density at radius 2 is 2.22 bits per heavy atom. The monoisotopic (exact) mass is 130 g/mol. The van der Waals surface area contributed by atoms with Crippen molar-refractivity contribution in [3.63, 3.8) is 0 Å². The Labute approximate surface area is 55.1 Å². The molecule has 1 radical (unpaired) electrons. The van der Waals surface area contributed by atoms with Crippen molar-refractivity contribution in [3.05, 3.63) is 0 Å². The minimum atomic E-state index is -1.18. The number of carbonyl (C=O) groups is 1. The predicted octanol–water partition coefficient (Wildman–Crippen LogP) is 1.32. The maximum atomic E-state index is 9.86. The van der Waals surface area contributed by atoms with Gasteiger partial charge in [0.05, 0.1) is 0 Å². The molecule has 0 saturated heterocycles. The standard InChI is InChI=1S/C6H12NO2/c1-3-4-5(2)7-6(8)9/h5,7H,3-4H2,1-2H3. The normalized spacial score (nSPS) is 12.7. The SMILES string of the molecule is CCCC(C)NC([O])=O. The summed E-state index contributed by atoms with van der Waals surface area (Å²) in [6.45, 7) is 3.83. The molecule has 0 heterocycles. The van der Waals surface area contributed by atoms with Crippen LogP contribution >= 0.6 is 0 Å². The van der Waals surface area contributed by atoms with E-state index in [4.69, 9.17) is 0 Å². The maximum Gasteiger partial charge on any atom is 0.450 e. The van der Waals surface area contributed by atoms with Gasteiger partial charge in [-0.05, 0) is 13.3 Å². The van der Waals surface area contributed by atoms with Crippen LogP contribution in [0.4, 0.5) is 4.79 Å². The molecule has 1 unspecified atom stereocenters. The highest BCUT2D eigenvalue weighted by molar-refractivity contribution is 5.64. The van der Waals surface area contributed by atoms with Gasteiger partial charge in [-0.2, -0.15) is 0 Å². The summed E-state index contributed by atoms with van der Waals surface area (Å²) >= 11 is 0. The third-order valence-electron chi connectivity index (χ3n) is 1.09. The highest BCUT2D eigenvalue weighted by Gasteiger charge is 2.03. The molecule has 0 spiro atoms. The molecule has 0 saturated carbocycles. The fraction of sp³-hybridized carbons (Fsp3) is 0.833. The van der Waals surface area contributed by atoms with E-state index in [-0.39, 0.29) is 6.04 Å². The summed E-state index contributed by atoms with van der Waals surface area (Å²) < 4.78 is 0. The zero-order valence-corrected chi connectivity index (χ0v) is 5.81. The molecular weight excluding hydrogens is 118 g/mol. The Hall–Kier alpha value is -0.730. The molecule has 1 atom stereocenters. The van der Waals surface area contributed by atoms with Crippen molar-refractivity contribution in [3.8, 4) is 0 Å². The fourth-order valence-electron chi connectivity index (χ4n) is 0.706. The van der Waals surface area contributed by atoms with Crippen LogP contribution in [0.15, 0.2) is 0 Å². The molecule has 3 heteroatoms. The largest absolute Gasteiger partial charge is 0.450 e. The lowest BCUT2D eigenvalue weighted by atomic mass is 10.2. The second-order valence-corrected chi connectivity index (χ2v) is 2.12. The third-order valence-corrected chi connectivity index (χ3v) is 1.09. The van der Waals surface area contributed by atoms with Crippen LogP contribution in [0, 0.1) is 0 Å². The summed E-state index contributed by atoms with van der Waals surface area (Å²) in [7, 11) is 0. The Balaban J connectivity index is 3.26.